The Balaban J connectivity index is 3.08. The van der Waals surface area contributed by atoms with Crippen LogP contribution in [-0.2, 0) is 4.79 Å². The van der Waals surface area contributed by atoms with Gasteiger partial charge in [-0.3, -0.25) is 4.79 Å². The van der Waals surface area contributed by atoms with Crippen molar-refractivity contribution in [3.8, 4) is 5.75 Å². The van der Waals surface area contributed by atoms with Crippen molar-refractivity contribution in [2.75, 3.05) is 0 Å². The number of hydrogen-bond acceptors (Lipinski definition) is 2. The molecule has 13 heavy (non-hydrogen) atoms. The van der Waals surface area contributed by atoms with Gasteiger partial charge in [0.15, 0.2) is 0 Å². The van der Waals surface area contributed by atoms with Crippen LogP contribution in [0.5, 0.6) is 5.75 Å². The molecular formula is C10H11BrO2. The fourth-order valence-corrected chi connectivity index (χ4v) is 1.68. The third-order valence-corrected chi connectivity index (χ3v) is 3.02. The molecule has 0 fully saturated rings. The number of carbonyl (C=O) groups excluding carboxylic acids is 1. The molecule has 1 rings (SSSR count). The number of carbonyl (C=O) groups is 1. The molecule has 1 N–H and O–H groups in total. The highest BCUT2D eigenvalue weighted by atomic mass is 79.9. The zero-order valence-corrected chi connectivity index (χ0v) is 9.13. The Morgan fingerprint density at radius 2 is 2.15 bits per heavy atom. The number of phenolic OH excluding ortho intramolecular Hbond substituents is 1. The number of phenols is 1. The minimum Gasteiger partial charge on any atom is -0.508 e. The molecule has 0 aromatic heterocycles. The molecule has 70 valence electrons. The highest BCUT2D eigenvalue weighted by Gasteiger charge is 2.14. The summed E-state index contributed by atoms with van der Waals surface area (Å²) >= 11 is 3.29. The van der Waals surface area contributed by atoms with Crippen LogP contribution in [-0.4, -0.2) is 10.9 Å². The Morgan fingerprint density at radius 1 is 1.54 bits per heavy atom. The average molecular weight is 243 g/mol. The molecule has 0 radical (unpaired) electrons. The zero-order valence-electron chi connectivity index (χ0n) is 7.54. The summed E-state index contributed by atoms with van der Waals surface area (Å²) in [6.45, 7) is 3.40. The van der Waals surface area contributed by atoms with Crippen molar-refractivity contribution in [1.29, 1.82) is 0 Å². The molecule has 0 aliphatic rings. The molecule has 0 heterocycles. The van der Waals surface area contributed by atoms with E-state index < -0.39 is 0 Å². The number of Topliss-reactive ketones (excluding diaryl/α,β-unsaturated/α-hetero) is 1. The minimum atomic E-state index is -0.270. The number of hydrogen-bond donors (Lipinski definition) is 1. The topological polar surface area (TPSA) is 37.3 Å². The summed E-state index contributed by atoms with van der Waals surface area (Å²) in [6.07, 6.45) is 0. The molecule has 0 spiro atoms. The second-order valence-electron chi connectivity index (χ2n) is 3.01. The van der Waals surface area contributed by atoms with Crippen LogP contribution in [0.1, 0.15) is 22.9 Å². The summed E-state index contributed by atoms with van der Waals surface area (Å²) in [7, 11) is 0. The largest absolute Gasteiger partial charge is 0.508 e. The first-order valence-electron chi connectivity index (χ1n) is 3.96. The Labute approximate surface area is 85.7 Å². The van der Waals surface area contributed by atoms with E-state index in [1.165, 1.54) is 6.92 Å². The number of alkyl halides is 1. The van der Waals surface area contributed by atoms with Crippen LogP contribution in [0.3, 0.4) is 0 Å². The number of aryl methyl sites for hydroxylation is 1. The number of benzene rings is 1. The number of ketones is 1. The van der Waals surface area contributed by atoms with Gasteiger partial charge in [0.1, 0.15) is 11.5 Å². The van der Waals surface area contributed by atoms with E-state index in [0.29, 0.717) is 0 Å². The van der Waals surface area contributed by atoms with Crippen molar-refractivity contribution in [3.05, 3.63) is 29.3 Å². The smallest absolute Gasteiger partial charge is 0.147 e. The van der Waals surface area contributed by atoms with Gasteiger partial charge in [0.05, 0.1) is 4.83 Å². The van der Waals surface area contributed by atoms with Gasteiger partial charge in [-0.05, 0) is 37.1 Å². The summed E-state index contributed by atoms with van der Waals surface area (Å²) in [4.78, 5) is 10.8. The van der Waals surface area contributed by atoms with Crippen molar-refractivity contribution in [3.63, 3.8) is 0 Å². The van der Waals surface area contributed by atoms with Gasteiger partial charge in [-0.1, -0.05) is 22.0 Å². The van der Waals surface area contributed by atoms with Gasteiger partial charge < -0.3 is 5.11 Å². The molecule has 1 unspecified atom stereocenters. The minimum absolute atomic E-state index is 0.0637. The van der Waals surface area contributed by atoms with Gasteiger partial charge in [-0.2, -0.15) is 0 Å². The van der Waals surface area contributed by atoms with Crippen molar-refractivity contribution in [2.45, 2.75) is 18.7 Å². The van der Waals surface area contributed by atoms with E-state index in [2.05, 4.69) is 15.9 Å². The second kappa shape index (κ2) is 3.92. The van der Waals surface area contributed by atoms with Crippen molar-refractivity contribution in [2.24, 2.45) is 0 Å². The van der Waals surface area contributed by atoms with E-state index >= 15 is 0 Å². The van der Waals surface area contributed by atoms with Crippen LogP contribution in [0.2, 0.25) is 0 Å². The summed E-state index contributed by atoms with van der Waals surface area (Å²) < 4.78 is 0. The van der Waals surface area contributed by atoms with Crippen LogP contribution >= 0.6 is 15.9 Å². The third kappa shape index (κ3) is 2.31. The monoisotopic (exact) mass is 242 g/mol. The van der Waals surface area contributed by atoms with E-state index in [0.717, 1.165) is 11.1 Å². The van der Waals surface area contributed by atoms with Crippen molar-refractivity contribution in [1.82, 2.24) is 0 Å². The number of aromatic hydroxyl groups is 1. The predicted octanol–water partition coefficient (Wildman–Crippen LogP) is 2.73. The first-order chi connectivity index (χ1) is 6.02. The fourth-order valence-electron chi connectivity index (χ4n) is 1.16. The summed E-state index contributed by atoms with van der Waals surface area (Å²) in [6, 6.07) is 4.98. The van der Waals surface area contributed by atoms with Crippen molar-refractivity contribution >= 4 is 21.7 Å². The van der Waals surface area contributed by atoms with E-state index in [4.69, 9.17) is 5.11 Å². The Hall–Kier alpha value is -0.830. The van der Waals surface area contributed by atoms with Crippen LogP contribution in [0.15, 0.2) is 18.2 Å². The van der Waals surface area contributed by atoms with Crippen LogP contribution in [0.4, 0.5) is 0 Å². The maximum absolute atomic E-state index is 11.1. The van der Waals surface area contributed by atoms with E-state index in [1.807, 2.05) is 6.92 Å². The molecule has 1 atom stereocenters. The molecule has 0 saturated carbocycles. The van der Waals surface area contributed by atoms with Gasteiger partial charge in [0.25, 0.3) is 0 Å². The standard InChI is InChI=1S/C10H11BrO2/c1-6-5-8(13)3-4-9(6)10(11)7(2)12/h3-5,10,13H,1-2H3. The lowest BCUT2D eigenvalue weighted by Gasteiger charge is -2.09. The van der Waals surface area contributed by atoms with Crippen LogP contribution in [0.25, 0.3) is 0 Å². The first kappa shape index (κ1) is 10.3. The molecule has 0 saturated heterocycles. The SMILES string of the molecule is CC(=O)C(Br)c1ccc(O)cc1C. The normalized spacial score (nSPS) is 12.5. The first-order valence-corrected chi connectivity index (χ1v) is 4.88. The Morgan fingerprint density at radius 3 is 2.62 bits per heavy atom. The quantitative estimate of drug-likeness (QED) is 0.811. The molecular weight excluding hydrogens is 232 g/mol. The van der Waals surface area contributed by atoms with Crippen LogP contribution in [0, 0.1) is 6.92 Å². The van der Waals surface area contributed by atoms with Gasteiger partial charge in [-0.15, -0.1) is 0 Å². The molecule has 0 bridgehead atoms. The molecule has 1 aromatic carbocycles. The molecule has 3 heteroatoms. The number of rotatable bonds is 2. The van der Waals surface area contributed by atoms with E-state index in [9.17, 15) is 4.79 Å². The van der Waals surface area contributed by atoms with Gasteiger partial charge >= 0.3 is 0 Å². The maximum atomic E-state index is 11.1. The summed E-state index contributed by atoms with van der Waals surface area (Å²) in [5.41, 5.74) is 1.82. The highest BCUT2D eigenvalue weighted by Crippen LogP contribution is 2.28. The lowest BCUT2D eigenvalue weighted by atomic mass is 10.0. The summed E-state index contributed by atoms with van der Waals surface area (Å²) in [5, 5.41) is 9.16. The van der Waals surface area contributed by atoms with Crippen molar-refractivity contribution < 1.29 is 9.90 Å². The van der Waals surface area contributed by atoms with Gasteiger partial charge in [-0.25, -0.2) is 0 Å². The van der Waals surface area contributed by atoms with Crippen LogP contribution < -0.4 is 0 Å². The highest BCUT2D eigenvalue weighted by molar-refractivity contribution is 9.09. The van der Waals surface area contributed by atoms with E-state index in [-0.39, 0.29) is 16.4 Å². The molecule has 1 aromatic rings. The molecule has 0 aliphatic heterocycles. The lowest BCUT2D eigenvalue weighted by Crippen LogP contribution is -2.02. The second-order valence-corrected chi connectivity index (χ2v) is 3.93. The third-order valence-electron chi connectivity index (χ3n) is 1.88. The van der Waals surface area contributed by atoms with E-state index in [1.54, 1.807) is 18.2 Å². The predicted molar refractivity (Wildman–Crippen MR) is 55.2 cm³/mol. The lowest BCUT2D eigenvalue weighted by molar-refractivity contribution is -0.116. The Bertz CT molecular complexity index is 334. The summed E-state index contributed by atoms with van der Waals surface area (Å²) in [5.74, 6) is 0.290. The Kier molecular flexibility index (Phi) is 3.09. The molecule has 0 amide bonds. The molecule has 0 aliphatic carbocycles. The van der Waals surface area contributed by atoms with Gasteiger partial charge in [0, 0.05) is 0 Å². The maximum Gasteiger partial charge on any atom is 0.147 e. The molecule has 2 nitrogen and oxygen atoms in total. The zero-order chi connectivity index (χ0) is 10.0. The number of halogens is 1. The van der Waals surface area contributed by atoms with Gasteiger partial charge in [0.2, 0.25) is 0 Å². The fraction of sp³-hybridized carbons (Fsp3) is 0.300. The average Bonchev–Trinajstić information content (AvgIpc) is 2.03.